The molecule has 1 aromatic heterocycles. The van der Waals surface area contributed by atoms with Gasteiger partial charge in [0.1, 0.15) is 16.6 Å². The molecule has 1 saturated heterocycles. The quantitative estimate of drug-likeness (QED) is 0.901. The molecule has 1 N–H and O–H groups in total. The van der Waals surface area contributed by atoms with Crippen molar-refractivity contribution in [3.05, 3.63) is 10.7 Å². The van der Waals surface area contributed by atoms with Crippen LogP contribution < -0.4 is 5.32 Å². The largest absolute Gasteiger partial charge is 0.372 e. The van der Waals surface area contributed by atoms with Crippen LogP contribution in [0.15, 0.2) is 0 Å². The van der Waals surface area contributed by atoms with E-state index in [0.717, 1.165) is 25.7 Å². The molecule has 1 saturated carbocycles. The van der Waals surface area contributed by atoms with Crippen LogP contribution in [0.3, 0.4) is 0 Å². The fourth-order valence-corrected chi connectivity index (χ4v) is 5.37. The number of hydrogen-bond acceptors (Lipinski definition) is 6. The Morgan fingerprint density at radius 2 is 2.00 bits per heavy atom. The van der Waals surface area contributed by atoms with Crippen molar-refractivity contribution in [1.82, 2.24) is 8.68 Å². The SMILES string of the molecule is N#Cc1c(Cl)nsc1NC1CCN(S(=O)(=O)C2CC2)CC1. The second kappa shape index (κ2) is 5.72. The Bertz CT molecular complexity index is 670. The van der Waals surface area contributed by atoms with Crippen LogP contribution in [0.25, 0.3) is 0 Å². The van der Waals surface area contributed by atoms with Crippen molar-refractivity contribution in [3.8, 4) is 6.07 Å². The zero-order chi connectivity index (χ0) is 15.0. The van der Waals surface area contributed by atoms with E-state index >= 15 is 0 Å². The second-order valence-corrected chi connectivity index (χ2v) is 8.70. The average molecular weight is 347 g/mol. The number of aromatic nitrogens is 1. The van der Waals surface area contributed by atoms with Crippen LogP contribution >= 0.6 is 23.1 Å². The van der Waals surface area contributed by atoms with Gasteiger partial charge in [0.15, 0.2) is 5.15 Å². The van der Waals surface area contributed by atoms with Gasteiger partial charge in [0.25, 0.3) is 0 Å². The number of nitrogens with one attached hydrogen (secondary N) is 1. The molecule has 0 aromatic carbocycles. The molecule has 0 spiro atoms. The first-order valence-corrected chi connectivity index (χ1v) is 9.48. The van der Waals surface area contributed by atoms with Gasteiger partial charge in [-0.15, -0.1) is 0 Å². The lowest BCUT2D eigenvalue weighted by molar-refractivity contribution is 0.329. The number of nitrogens with zero attached hydrogens (tertiary/aromatic N) is 3. The Morgan fingerprint density at radius 3 is 2.57 bits per heavy atom. The first kappa shape index (κ1) is 15.0. The van der Waals surface area contributed by atoms with Crippen LogP contribution in [0.1, 0.15) is 31.2 Å². The normalized spacial score (nSPS) is 21.1. The molecule has 0 amide bonds. The highest BCUT2D eigenvalue weighted by Gasteiger charge is 2.41. The summed E-state index contributed by atoms with van der Waals surface area (Å²) in [5, 5.41) is 13.1. The van der Waals surface area contributed by atoms with Crippen LogP contribution in [-0.4, -0.2) is 41.5 Å². The van der Waals surface area contributed by atoms with Crippen LogP contribution in [0.5, 0.6) is 0 Å². The first-order chi connectivity index (χ1) is 10.0. The summed E-state index contributed by atoms with van der Waals surface area (Å²) >= 11 is 7.01. The molecule has 2 aliphatic rings. The third kappa shape index (κ3) is 3.01. The van der Waals surface area contributed by atoms with Crippen molar-refractivity contribution in [2.24, 2.45) is 0 Å². The Morgan fingerprint density at radius 1 is 1.33 bits per heavy atom. The molecule has 21 heavy (non-hydrogen) atoms. The van der Waals surface area contributed by atoms with Crippen molar-refractivity contribution in [1.29, 1.82) is 5.26 Å². The Labute approximate surface area is 132 Å². The molecule has 1 aromatic rings. The van der Waals surface area contributed by atoms with Crippen molar-refractivity contribution >= 4 is 38.2 Å². The van der Waals surface area contributed by atoms with E-state index in [-0.39, 0.29) is 16.4 Å². The topological polar surface area (TPSA) is 86.1 Å². The van der Waals surface area contributed by atoms with Gasteiger partial charge in [-0.2, -0.15) is 9.64 Å². The fourth-order valence-electron chi connectivity index (χ4n) is 2.48. The van der Waals surface area contributed by atoms with E-state index in [9.17, 15) is 8.42 Å². The van der Waals surface area contributed by atoms with Gasteiger partial charge in [0, 0.05) is 19.1 Å². The van der Waals surface area contributed by atoms with Crippen LogP contribution in [0, 0.1) is 11.3 Å². The number of sulfonamides is 1. The summed E-state index contributed by atoms with van der Waals surface area (Å²) in [6.45, 7) is 1.07. The number of anilines is 1. The van der Waals surface area contributed by atoms with Gasteiger partial charge in [0.2, 0.25) is 10.0 Å². The number of nitriles is 1. The highest BCUT2D eigenvalue weighted by molar-refractivity contribution is 7.90. The summed E-state index contributed by atoms with van der Waals surface area (Å²) < 4.78 is 29.9. The summed E-state index contributed by atoms with van der Waals surface area (Å²) in [5.74, 6) is 0. The van der Waals surface area contributed by atoms with E-state index in [2.05, 4.69) is 9.69 Å². The minimum Gasteiger partial charge on any atom is -0.372 e. The van der Waals surface area contributed by atoms with Crippen molar-refractivity contribution < 1.29 is 8.42 Å². The Kier molecular flexibility index (Phi) is 4.10. The Balaban J connectivity index is 1.60. The maximum Gasteiger partial charge on any atom is 0.216 e. The molecule has 0 bridgehead atoms. The van der Waals surface area contributed by atoms with E-state index < -0.39 is 10.0 Å². The minimum atomic E-state index is -3.07. The van der Waals surface area contributed by atoms with Gasteiger partial charge in [-0.1, -0.05) is 11.6 Å². The average Bonchev–Trinajstić information content (AvgIpc) is 3.26. The molecule has 2 fully saturated rings. The molecule has 1 aliphatic heterocycles. The summed E-state index contributed by atoms with van der Waals surface area (Å²) in [6, 6.07) is 2.19. The highest BCUT2D eigenvalue weighted by Crippen LogP contribution is 2.33. The summed E-state index contributed by atoms with van der Waals surface area (Å²) in [7, 11) is -3.07. The van der Waals surface area contributed by atoms with Gasteiger partial charge in [-0.3, -0.25) is 0 Å². The maximum absolute atomic E-state index is 12.2. The predicted octanol–water partition coefficient (Wildman–Crippen LogP) is 2.04. The third-order valence-corrected chi connectivity index (χ3v) is 7.41. The smallest absolute Gasteiger partial charge is 0.216 e. The van der Waals surface area contributed by atoms with Crippen molar-refractivity contribution in [2.75, 3.05) is 18.4 Å². The molecule has 9 heteroatoms. The predicted molar refractivity (Wildman–Crippen MR) is 82.0 cm³/mol. The van der Waals surface area contributed by atoms with Gasteiger partial charge >= 0.3 is 0 Å². The van der Waals surface area contributed by atoms with Crippen LogP contribution in [0.4, 0.5) is 5.00 Å². The third-order valence-electron chi connectivity index (χ3n) is 3.86. The zero-order valence-corrected chi connectivity index (χ0v) is 13.6. The molecule has 2 heterocycles. The van der Waals surface area contributed by atoms with Gasteiger partial charge in [0.05, 0.1) is 5.25 Å². The Hall–Kier alpha value is -0.880. The van der Waals surface area contributed by atoms with Gasteiger partial charge in [-0.25, -0.2) is 12.7 Å². The summed E-state index contributed by atoms with van der Waals surface area (Å²) in [5.41, 5.74) is 0.370. The second-order valence-electron chi connectivity index (χ2n) is 5.35. The molecule has 6 nitrogen and oxygen atoms in total. The molecular formula is C12H15ClN4O2S2. The molecular weight excluding hydrogens is 332 g/mol. The standard InChI is InChI=1S/C12H15ClN4O2S2/c13-11-10(7-14)12(20-16-11)15-8-3-5-17(6-4-8)21(18,19)9-1-2-9/h8-9,15H,1-6H2. The molecule has 1 aliphatic carbocycles. The van der Waals surface area contributed by atoms with E-state index in [1.807, 2.05) is 6.07 Å². The van der Waals surface area contributed by atoms with Crippen molar-refractivity contribution in [3.63, 3.8) is 0 Å². The summed E-state index contributed by atoms with van der Waals surface area (Å²) in [4.78, 5) is 0. The molecule has 0 radical (unpaired) electrons. The highest BCUT2D eigenvalue weighted by atomic mass is 35.5. The molecule has 0 unspecified atom stereocenters. The lowest BCUT2D eigenvalue weighted by Gasteiger charge is -2.31. The van der Waals surface area contributed by atoms with E-state index in [0.29, 0.717) is 23.7 Å². The lowest BCUT2D eigenvalue weighted by Crippen LogP contribution is -2.43. The summed E-state index contributed by atoms with van der Waals surface area (Å²) in [6.07, 6.45) is 3.05. The monoisotopic (exact) mass is 346 g/mol. The number of rotatable bonds is 4. The minimum absolute atomic E-state index is 0.146. The van der Waals surface area contributed by atoms with E-state index in [1.54, 1.807) is 4.31 Å². The number of hydrogen-bond donors (Lipinski definition) is 1. The fraction of sp³-hybridized carbons (Fsp3) is 0.667. The van der Waals surface area contributed by atoms with Crippen molar-refractivity contribution in [2.45, 2.75) is 37.0 Å². The van der Waals surface area contributed by atoms with Gasteiger partial charge in [-0.05, 0) is 37.2 Å². The van der Waals surface area contributed by atoms with Crippen LogP contribution in [-0.2, 0) is 10.0 Å². The first-order valence-electron chi connectivity index (χ1n) is 6.83. The van der Waals surface area contributed by atoms with E-state index in [1.165, 1.54) is 11.5 Å². The number of halogens is 1. The molecule has 114 valence electrons. The van der Waals surface area contributed by atoms with E-state index in [4.69, 9.17) is 16.9 Å². The number of piperidine rings is 1. The van der Waals surface area contributed by atoms with Crippen LogP contribution in [0.2, 0.25) is 5.15 Å². The van der Waals surface area contributed by atoms with Gasteiger partial charge < -0.3 is 5.32 Å². The lowest BCUT2D eigenvalue weighted by atomic mass is 10.1. The maximum atomic E-state index is 12.2. The molecule has 0 atom stereocenters. The molecule has 3 rings (SSSR count). The zero-order valence-electron chi connectivity index (χ0n) is 11.2.